The minimum Gasteiger partial charge on any atom is -0.495 e. The topological polar surface area (TPSA) is 89.8 Å². The number of methoxy groups -OCH3 is 2. The van der Waals surface area contributed by atoms with Gasteiger partial charge in [-0.3, -0.25) is 9.59 Å². The maximum absolute atomic E-state index is 12.7. The van der Waals surface area contributed by atoms with Crippen molar-refractivity contribution in [1.82, 2.24) is 0 Å². The number of benzene rings is 3. The Kier molecular flexibility index (Phi) is 7.29. The average Bonchev–Trinajstić information content (AvgIpc) is 3.28. The fourth-order valence-corrected chi connectivity index (χ4v) is 4.01. The third-order valence-electron chi connectivity index (χ3n) is 5.02. The Morgan fingerprint density at radius 2 is 1.74 bits per heavy atom. The van der Waals surface area contributed by atoms with Crippen LogP contribution >= 0.6 is 23.2 Å². The zero-order valence-corrected chi connectivity index (χ0v) is 20.2. The van der Waals surface area contributed by atoms with E-state index in [1.807, 2.05) is 18.2 Å². The van der Waals surface area contributed by atoms with Crippen LogP contribution in [-0.4, -0.2) is 26.0 Å². The number of nitrogens with one attached hydrogen (secondary N) is 2. The second-order valence-corrected chi connectivity index (χ2v) is 8.19. The van der Waals surface area contributed by atoms with Gasteiger partial charge in [0.2, 0.25) is 5.91 Å². The summed E-state index contributed by atoms with van der Waals surface area (Å²) in [7, 11) is 2.94. The van der Waals surface area contributed by atoms with Crippen LogP contribution in [0.3, 0.4) is 0 Å². The molecule has 2 N–H and O–H groups in total. The number of para-hydroxylation sites is 1. The summed E-state index contributed by atoms with van der Waals surface area (Å²) in [5.74, 6) is 0.121. The summed E-state index contributed by atoms with van der Waals surface area (Å²) < 4.78 is 16.3. The first kappa shape index (κ1) is 24.2. The molecule has 0 spiro atoms. The zero-order chi connectivity index (χ0) is 24.9. The Hall–Kier alpha value is -3.94. The van der Waals surface area contributed by atoms with Crippen molar-refractivity contribution in [2.45, 2.75) is 0 Å². The molecule has 0 unspecified atom stereocenters. The van der Waals surface area contributed by atoms with Crippen LogP contribution < -0.4 is 20.1 Å². The summed E-state index contributed by atoms with van der Waals surface area (Å²) in [5, 5.41) is 7.09. The number of hydrogen-bond donors (Lipinski definition) is 2. The predicted molar refractivity (Wildman–Crippen MR) is 138 cm³/mol. The minimum absolute atomic E-state index is 0.173. The van der Waals surface area contributed by atoms with Gasteiger partial charge in [0.25, 0.3) is 5.91 Å². The van der Waals surface area contributed by atoms with Gasteiger partial charge < -0.3 is 24.5 Å². The molecule has 0 radical (unpaired) electrons. The van der Waals surface area contributed by atoms with Crippen LogP contribution in [0.1, 0.15) is 16.1 Å². The van der Waals surface area contributed by atoms with Crippen LogP contribution in [0.25, 0.3) is 17.0 Å². The summed E-state index contributed by atoms with van der Waals surface area (Å²) in [6, 6.07) is 17.1. The van der Waals surface area contributed by atoms with Crippen LogP contribution in [0.2, 0.25) is 10.0 Å². The Morgan fingerprint density at radius 3 is 2.49 bits per heavy atom. The first-order valence-corrected chi connectivity index (χ1v) is 11.1. The van der Waals surface area contributed by atoms with Crippen molar-refractivity contribution in [3.05, 3.63) is 88.1 Å². The molecule has 3 aromatic carbocycles. The second kappa shape index (κ2) is 10.5. The van der Waals surface area contributed by atoms with Crippen molar-refractivity contribution >= 4 is 63.4 Å². The van der Waals surface area contributed by atoms with Gasteiger partial charge in [0.15, 0.2) is 5.76 Å². The molecule has 0 aliphatic heterocycles. The maximum Gasteiger partial charge on any atom is 0.291 e. The number of carbonyl (C=O) groups is 2. The van der Waals surface area contributed by atoms with Gasteiger partial charge >= 0.3 is 0 Å². The van der Waals surface area contributed by atoms with Crippen molar-refractivity contribution in [2.24, 2.45) is 0 Å². The molecule has 0 saturated carbocycles. The summed E-state index contributed by atoms with van der Waals surface area (Å²) in [6.07, 6.45) is 2.87. The number of carbonyl (C=O) groups excluding carboxylic acids is 2. The number of hydrogen-bond acceptors (Lipinski definition) is 5. The second-order valence-electron chi connectivity index (χ2n) is 7.35. The number of rotatable bonds is 7. The van der Waals surface area contributed by atoms with Gasteiger partial charge in [-0.05, 0) is 42.5 Å². The van der Waals surface area contributed by atoms with E-state index in [0.717, 1.165) is 5.39 Å². The van der Waals surface area contributed by atoms with Crippen LogP contribution in [-0.2, 0) is 4.79 Å². The molecule has 1 aromatic heterocycles. The van der Waals surface area contributed by atoms with Crippen LogP contribution in [0, 0.1) is 0 Å². The molecule has 0 aliphatic rings. The number of halogens is 2. The lowest BCUT2D eigenvalue weighted by Gasteiger charge is -2.12. The lowest BCUT2D eigenvalue weighted by molar-refractivity contribution is -0.111. The monoisotopic (exact) mass is 510 g/mol. The molecule has 35 heavy (non-hydrogen) atoms. The summed E-state index contributed by atoms with van der Waals surface area (Å²) >= 11 is 12.2. The average molecular weight is 511 g/mol. The number of furan rings is 1. The van der Waals surface area contributed by atoms with Crippen LogP contribution in [0.5, 0.6) is 11.5 Å². The van der Waals surface area contributed by atoms with Gasteiger partial charge in [-0.25, -0.2) is 0 Å². The van der Waals surface area contributed by atoms with Gasteiger partial charge in [0, 0.05) is 33.8 Å². The fourth-order valence-electron chi connectivity index (χ4n) is 3.42. The Labute approximate surface area is 211 Å². The molecule has 0 saturated heterocycles. The van der Waals surface area contributed by atoms with E-state index in [1.54, 1.807) is 48.5 Å². The Balaban J connectivity index is 1.47. The van der Waals surface area contributed by atoms with E-state index in [0.29, 0.717) is 44.1 Å². The molecule has 2 amide bonds. The molecule has 4 aromatic rings. The summed E-state index contributed by atoms with van der Waals surface area (Å²) in [4.78, 5) is 25.1. The van der Waals surface area contributed by atoms with Crippen LogP contribution in [0.4, 0.5) is 11.4 Å². The zero-order valence-electron chi connectivity index (χ0n) is 18.7. The maximum atomic E-state index is 12.7. The highest BCUT2D eigenvalue weighted by Gasteiger charge is 2.15. The smallest absolute Gasteiger partial charge is 0.291 e. The van der Waals surface area contributed by atoms with Crippen molar-refractivity contribution in [1.29, 1.82) is 0 Å². The molecule has 1 heterocycles. The number of anilines is 2. The first-order chi connectivity index (χ1) is 16.9. The van der Waals surface area contributed by atoms with E-state index in [4.69, 9.17) is 37.1 Å². The van der Waals surface area contributed by atoms with E-state index in [-0.39, 0.29) is 5.76 Å². The van der Waals surface area contributed by atoms with Gasteiger partial charge in [-0.2, -0.15) is 0 Å². The van der Waals surface area contributed by atoms with E-state index >= 15 is 0 Å². The third-order valence-corrected chi connectivity index (χ3v) is 5.52. The lowest BCUT2D eigenvalue weighted by atomic mass is 10.2. The van der Waals surface area contributed by atoms with E-state index < -0.39 is 11.8 Å². The molecule has 178 valence electrons. The van der Waals surface area contributed by atoms with Crippen molar-refractivity contribution in [3.63, 3.8) is 0 Å². The predicted octanol–water partition coefficient (Wildman–Crippen LogP) is 6.66. The number of amides is 2. The molecular weight excluding hydrogens is 491 g/mol. The standard InChI is InChI=1S/C26H20Cl2N2O5/c1-33-22-14-18(29-24(31)10-7-16-11-17(27)13-19(28)25(16)34-2)8-9-20(22)30-26(32)23-12-15-5-3-4-6-21(15)35-23/h3-14H,1-2H3,(H,29,31)(H,30,32). The lowest BCUT2D eigenvalue weighted by Crippen LogP contribution is -2.12. The molecular formula is C26H20Cl2N2O5. The number of ether oxygens (including phenoxy) is 2. The molecule has 4 rings (SSSR count). The third kappa shape index (κ3) is 5.59. The van der Waals surface area contributed by atoms with Crippen molar-refractivity contribution < 1.29 is 23.5 Å². The van der Waals surface area contributed by atoms with Crippen molar-refractivity contribution in [3.8, 4) is 11.5 Å². The highest BCUT2D eigenvalue weighted by molar-refractivity contribution is 6.36. The SMILES string of the molecule is COc1cc(NC(=O)C=Cc2cc(Cl)cc(Cl)c2OC)ccc1NC(=O)c1cc2ccccc2o1. The van der Waals surface area contributed by atoms with Gasteiger partial charge in [-0.15, -0.1) is 0 Å². The largest absolute Gasteiger partial charge is 0.495 e. The highest BCUT2D eigenvalue weighted by atomic mass is 35.5. The van der Waals surface area contributed by atoms with Gasteiger partial charge in [-0.1, -0.05) is 41.4 Å². The van der Waals surface area contributed by atoms with E-state index in [9.17, 15) is 9.59 Å². The molecule has 0 atom stereocenters. The molecule has 0 fully saturated rings. The van der Waals surface area contributed by atoms with E-state index in [2.05, 4.69) is 10.6 Å². The Bertz CT molecular complexity index is 1410. The number of fused-ring (bicyclic) bond motifs is 1. The quantitative estimate of drug-likeness (QED) is 0.271. The minimum atomic E-state index is -0.423. The summed E-state index contributed by atoms with van der Waals surface area (Å²) in [5.41, 5.74) is 2.06. The molecule has 0 bridgehead atoms. The molecule has 0 aliphatic carbocycles. The van der Waals surface area contributed by atoms with Gasteiger partial charge in [0.1, 0.15) is 17.1 Å². The highest BCUT2D eigenvalue weighted by Crippen LogP contribution is 2.33. The Morgan fingerprint density at radius 1 is 0.943 bits per heavy atom. The molecule has 7 nitrogen and oxygen atoms in total. The fraction of sp³-hybridized carbons (Fsp3) is 0.0769. The van der Waals surface area contributed by atoms with Crippen LogP contribution in [0.15, 0.2) is 71.2 Å². The van der Waals surface area contributed by atoms with Crippen molar-refractivity contribution in [2.75, 3.05) is 24.9 Å². The molecule has 9 heteroatoms. The summed E-state index contributed by atoms with van der Waals surface area (Å²) in [6.45, 7) is 0. The van der Waals surface area contributed by atoms with E-state index in [1.165, 1.54) is 20.3 Å². The first-order valence-electron chi connectivity index (χ1n) is 10.4. The normalized spacial score (nSPS) is 11.0. The van der Waals surface area contributed by atoms with Gasteiger partial charge in [0.05, 0.1) is 24.9 Å².